The first kappa shape index (κ1) is 14.8. The van der Waals surface area contributed by atoms with Crippen molar-refractivity contribution in [1.82, 2.24) is 0 Å². The lowest BCUT2D eigenvalue weighted by molar-refractivity contribution is -0.112. The van der Waals surface area contributed by atoms with Crippen molar-refractivity contribution in [3.05, 3.63) is 71.9 Å². The number of carbonyl (C=O) groups is 1. The fraction of sp³-hybridized carbons (Fsp3) is 0. The molecule has 0 bridgehead atoms. The maximum Gasteiger partial charge on any atom is 0.267 e. The summed E-state index contributed by atoms with van der Waals surface area (Å²) in [5, 5.41) is 23.5. The van der Waals surface area contributed by atoms with Gasteiger partial charge in [0.05, 0.1) is 11.3 Å². The van der Waals surface area contributed by atoms with E-state index in [0.29, 0.717) is 16.9 Å². The predicted octanol–water partition coefficient (Wildman–Crippen LogP) is 3.02. The van der Waals surface area contributed by atoms with Gasteiger partial charge in [0.2, 0.25) is 0 Å². The molecule has 2 aromatic rings. The molecule has 5 nitrogen and oxygen atoms in total. The standard InChI is InChI=1S/C17H12N4O/c18-10-13-6-4-5-9-16(13)20-12-14(11-19)17(22)21-15-7-2-1-3-8-15/h1-9,12,20H,(H,21,22)/b14-12+. The largest absolute Gasteiger partial charge is 0.359 e. The Kier molecular flexibility index (Phi) is 4.90. The number of hydrogen-bond acceptors (Lipinski definition) is 4. The molecule has 2 aromatic carbocycles. The molecule has 106 valence electrons. The Morgan fingerprint density at radius 3 is 2.36 bits per heavy atom. The van der Waals surface area contributed by atoms with E-state index in [1.807, 2.05) is 18.2 Å². The van der Waals surface area contributed by atoms with Crippen LogP contribution < -0.4 is 10.6 Å². The highest BCUT2D eigenvalue weighted by Gasteiger charge is 2.09. The summed E-state index contributed by atoms with van der Waals surface area (Å²) in [6, 6.07) is 19.6. The Morgan fingerprint density at radius 2 is 1.68 bits per heavy atom. The molecule has 0 aliphatic rings. The molecule has 2 N–H and O–H groups in total. The molecular formula is C17H12N4O. The summed E-state index contributed by atoms with van der Waals surface area (Å²) < 4.78 is 0. The molecule has 0 atom stereocenters. The van der Waals surface area contributed by atoms with E-state index in [1.54, 1.807) is 48.5 Å². The molecule has 1 amide bonds. The molecule has 22 heavy (non-hydrogen) atoms. The van der Waals surface area contributed by atoms with Crippen LogP contribution in [0.4, 0.5) is 11.4 Å². The van der Waals surface area contributed by atoms with Gasteiger partial charge in [0, 0.05) is 11.9 Å². The maximum atomic E-state index is 12.0. The van der Waals surface area contributed by atoms with E-state index in [2.05, 4.69) is 10.6 Å². The van der Waals surface area contributed by atoms with Gasteiger partial charge in [-0.05, 0) is 24.3 Å². The Bertz CT molecular complexity index is 782. The number of nitriles is 2. The highest BCUT2D eigenvalue weighted by Crippen LogP contribution is 2.14. The van der Waals surface area contributed by atoms with E-state index in [1.165, 1.54) is 6.20 Å². The minimum absolute atomic E-state index is 0.0865. The average molecular weight is 288 g/mol. The molecule has 0 unspecified atom stereocenters. The third-order valence-electron chi connectivity index (χ3n) is 2.82. The summed E-state index contributed by atoms with van der Waals surface area (Å²) in [5.41, 5.74) is 1.48. The van der Waals surface area contributed by atoms with Crippen LogP contribution in [0.15, 0.2) is 66.4 Å². The van der Waals surface area contributed by atoms with E-state index in [4.69, 9.17) is 10.5 Å². The fourth-order valence-electron chi connectivity index (χ4n) is 1.72. The van der Waals surface area contributed by atoms with Crippen LogP contribution in [0.1, 0.15) is 5.56 Å². The zero-order valence-corrected chi connectivity index (χ0v) is 11.6. The summed E-state index contributed by atoms with van der Waals surface area (Å²) in [7, 11) is 0. The third-order valence-corrected chi connectivity index (χ3v) is 2.82. The van der Waals surface area contributed by atoms with Crippen LogP contribution in [-0.2, 0) is 4.79 Å². The number of nitrogens with zero attached hydrogens (tertiary/aromatic N) is 2. The normalized spacial score (nSPS) is 10.2. The first-order chi connectivity index (χ1) is 10.7. The lowest BCUT2D eigenvalue weighted by atomic mass is 10.2. The lowest BCUT2D eigenvalue weighted by Crippen LogP contribution is -2.14. The van der Waals surface area contributed by atoms with Crippen molar-refractivity contribution >= 4 is 17.3 Å². The average Bonchev–Trinajstić information content (AvgIpc) is 2.56. The van der Waals surface area contributed by atoms with Gasteiger partial charge in [-0.2, -0.15) is 10.5 Å². The van der Waals surface area contributed by atoms with E-state index < -0.39 is 5.91 Å². The minimum Gasteiger partial charge on any atom is -0.359 e. The molecule has 0 saturated carbocycles. The van der Waals surface area contributed by atoms with Crippen LogP contribution >= 0.6 is 0 Å². The van der Waals surface area contributed by atoms with E-state index in [0.717, 1.165) is 0 Å². The lowest BCUT2D eigenvalue weighted by Gasteiger charge is -2.05. The van der Waals surface area contributed by atoms with Gasteiger partial charge >= 0.3 is 0 Å². The highest BCUT2D eigenvalue weighted by atomic mass is 16.1. The van der Waals surface area contributed by atoms with Gasteiger partial charge in [0.25, 0.3) is 5.91 Å². The van der Waals surface area contributed by atoms with Crippen LogP contribution in [0.2, 0.25) is 0 Å². The smallest absolute Gasteiger partial charge is 0.267 e. The molecule has 5 heteroatoms. The molecule has 2 rings (SSSR count). The molecule has 0 aromatic heterocycles. The molecule has 0 aliphatic carbocycles. The van der Waals surface area contributed by atoms with Crippen molar-refractivity contribution < 1.29 is 4.79 Å². The topological polar surface area (TPSA) is 88.7 Å². The monoisotopic (exact) mass is 288 g/mol. The third kappa shape index (κ3) is 3.72. The second kappa shape index (κ2) is 7.28. The number of benzene rings is 2. The molecule has 0 aliphatic heterocycles. The summed E-state index contributed by atoms with van der Waals surface area (Å²) in [4.78, 5) is 12.0. The van der Waals surface area contributed by atoms with Crippen LogP contribution in [0, 0.1) is 22.7 Å². The van der Waals surface area contributed by atoms with Crippen LogP contribution in [0.5, 0.6) is 0 Å². The predicted molar refractivity (Wildman–Crippen MR) is 83.5 cm³/mol. The number of amides is 1. The van der Waals surface area contributed by atoms with Crippen molar-refractivity contribution in [3.8, 4) is 12.1 Å². The van der Waals surface area contributed by atoms with E-state index in [9.17, 15) is 4.79 Å². The SMILES string of the molecule is N#C/C(=C\Nc1ccccc1C#N)C(=O)Nc1ccccc1. The summed E-state index contributed by atoms with van der Waals surface area (Å²) >= 11 is 0. The summed E-state index contributed by atoms with van der Waals surface area (Å²) in [6.45, 7) is 0. The van der Waals surface area contributed by atoms with E-state index >= 15 is 0 Å². The molecule has 0 spiro atoms. The quantitative estimate of drug-likeness (QED) is 0.668. The van der Waals surface area contributed by atoms with Gasteiger partial charge in [-0.25, -0.2) is 0 Å². The van der Waals surface area contributed by atoms with Gasteiger partial charge in [0.1, 0.15) is 17.7 Å². The summed E-state index contributed by atoms with van der Waals surface area (Å²) in [6.07, 6.45) is 1.29. The van der Waals surface area contributed by atoms with Crippen LogP contribution in [-0.4, -0.2) is 5.91 Å². The second-order valence-electron chi connectivity index (χ2n) is 4.29. The fourth-order valence-corrected chi connectivity index (χ4v) is 1.72. The van der Waals surface area contributed by atoms with Gasteiger partial charge in [-0.3, -0.25) is 4.79 Å². The number of rotatable bonds is 4. The van der Waals surface area contributed by atoms with Gasteiger partial charge in [0.15, 0.2) is 0 Å². The Hall–Kier alpha value is -3.57. The number of anilines is 2. The molecule has 0 radical (unpaired) electrons. The van der Waals surface area contributed by atoms with E-state index in [-0.39, 0.29) is 5.57 Å². The zero-order valence-electron chi connectivity index (χ0n) is 11.6. The molecule has 0 fully saturated rings. The van der Waals surface area contributed by atoms with Crippen LogP contribution in [0.3, 0.4) is 0 Å². The molecule has 0 saturated heterocycles. The van der Waals surface area contributed by atoms with Crippen molar-refractivity contribution in [1.29, 1.82) is 10.5 Å². The molecular weight excluding hydrogens is 276 g/mol. The van der Waals surface area contributed by atoms with Crippen molar-refractivity contribution in [2.24, 2.45) is 0 Å². The number of carbonyl (C=O) groups excluding carboxylic acids is 1. The minimum atomic E-state index is -0.518. The molecule has 0 heterocycles. The van der Waals surface area contributed by atoms with Gasteiger partial charge in [-0.1, -0.05) is 30.3 Å². The Labute approximate surface area is 128 Å². The summed E-state index contributed by atoms with van der Waals surface area (Å²) in [5.74, 6) is -0.518. The van der Waals surface area contributed by atoms with Crippen molar-refractivity contribution in [3.63, 3.8) is 0 Å². The second-order valence-corrected chi connectivity index (χ2v) is 4.29. The number of para-hydroxylation sites is 2. The highest BCUT2D eigenvalue weighted by molar-refractivity contribution is 6.06. The Balaban J connectivity index is 2.13. The van der Waals surface area contributed by atoms with Crippen molar-refractivity contribution in [2.75, 3.05) is 10.6 Å². The van der Waals surface area contributed by atoms with Gasteiger partial charge < -0.3 is 10.6 Å². The number of nitrogens with one attached hydrogen (secondary N) is 2. The Morgan fingerprint density at radius 1 is 1.00 bits per heavy atom. The first-order valence-corrected chi connectivity index (χ1v) is 6.47. The number of hydrogen-bond donors (Lipinski definition) is 2. The van der Waals surface area contributed by atoms with Crippen molar-refractivity contribution in [2.45, 2.75) is 0 Å². The maximum absolute atomic E-state index is 12.0. The first-order valence-electron chi connectivity index (χ1n) is 6.47. The van der Waals surface area contributed by atoms with Crippen LogP contribution in [0.25, 0.3) is 0 Å². The van der Waals surface area contributed by atoms with Gasteiger partial charge in [-0.15, -0.1) is 0 Å². The zero-order chi connectivity index (χ0) is 15.8.